The molecule has 0 fully saturated rings. The maximum absolute atomic E-state index is 5.60. The number of rotatable bonds is 9. The van der Waals surface area contributed by atoms with E-state index >= 15 is 0 Å². The first-order valence-electron chi connectivity index (χ1n) is 6.62. The van der Waals surface area contributed by atoms with Gasteiger partial charge in [-0.2, -0.15) is 0 Å². The highest BCUT2D eigenvalue weighted by atomic mass is 32.1. The Morgan fingerprint density at radius 2 is 2.28 bits per heavy atom. The first-order valence-corrected chi connectivity index (χ1v) is 7.50. The molecule has 0 aromatic carbocycles. The molecule has 1 rings (SSSR count). The number of hydrogen-bond donors (Lipinski definition) is 1. The highest BCUT2D eigenvalue weighted by Crippen LogP contribution is 2.16. The summed E-state index contributed by atoms with van der Waals surface area (Å²) in [7, 11) is 3.96. The van der Waals surface area contributed by atoms with E-state index in [2.05, 4.69) is 36.4 Å². The summed E-state index contributed by atoms with van der Waals surface area (Å²) in [6.07, 6.45) is 3.27. The zero-order valence-electron chi connectivity index (χ0n) is 11.8. The van der Waals surface area contributed by atoms with Crippen LogP contribution in [0.4, 0.5) is 0 Å². The number of nitrogens with two attached hydrogens (primary N) is 1. The number of thiophene rings is 1. The molecule has 1 aromatic rings. The topological polar surface area (TPSA) is 38.5 Å². The highest BCUT2D eigenvalue weighted by molar-refractivity contribution is 7.09. The van der Waals surface area contributed by atoms with Gasteiger partial charge in [0.1, 0.15) is 0 Å². The Labute approximate surface area is 115 Å². The molecule has 18 heavy (non-hydrogen) atoms. The van der Waals surface area contributed by atoms with E-state index in [1.54, 1.807) is 7.11 Å². The molecule has 2 atom stereocenters. The zero-order chi connectivity index (χ0) is 13.4. The lowest BCUT2D eigenvalue weighted by molar-refractivity contribution is 0.0788. The third kappa shape index (κ3) is 5.06. The Kier molecular flexibility index (Phi) is 7.51. The third-order valence-corrected chi connectivity index (χ3v) is 4.35. The molecule has 2 unspecified atom stereocenters. The lowest BCUT2D eigenvalue weighted by Crippen LogP contribution is -2.42. The summed E-state index contributed by atoms with van der Waals surface area (Å²) >= 11 is 1.83. The van der Waals surface area contributed by atoms with Gasteiger partial charge in [0.2, 0.25) is 0 Å². The number of ether oxygens (including phenoxy) is 1. The fourth-order valence-corrected chi connectivity index (χ4v) is 3.00. The summed E-state index contributed by atoms with van der Waals surface area (Å²) in [5.41, 5.74) is 5.60. The van der Waals surface area contributed by atoms with Crippen molar-refractivity contribution in [2.24, 2.45) is 5.73 Å². The molecule has 0 saturated heterocycles. The fraction of sp³-hybridized carbons (Fsp3) is 0.714. The van der Waals surface area contributed by atoms with Crippen LogP contribution in [-0.4, -0.2) is 44.3 Å². The van der Waals surface area contributed by atoms with E-state index in [1.165, 1.54) is 4.88 Å². The van der Waals surface area contributed by atoms with E-state index in [0.29, 0.717) is 12.1 Å². The lowest BCUT2D eigenvalue weighted by atomic mass is 10.1. The Balaban J connectivity index is 2.49. The summed E-state index contributed by atoms with van der Waals surface area (Å²) in [4.78, 5) is 3.88. The lowest BCUT2D eigenvalue weighted by Gasteiger charge is -2.32. The van der Waals surface area contributed by atoms with E-state index in [1.807, 2.05) is 11.3 Å². The van der Waals surface area contributed by atoms with Crippen molar-refractivity contribution in [3.05, 3.63) is 22.4 Å². The first kappa shape index (κ1) is 15.6. The largest absolute Gasteiger partial charge is 0.383 e. The van der Waals surface area contributed by atoms with Gasteiger partial charge in [0, 0.05) is 24.1 Å². The van der Waals surface area contributed by atoms with Gasteiger partial charge < -0.3 is 10.5 Å². The number of hydrogen-bond acceptors (Lipinski definition) is 4. The van der Waals surface area contributed by atoms with E-state index in [-0.39, 0.29) is 0 Å². The van der Waals surface area contributed by atoms with Gasteiger partial charge in [-0.05, 0) is 51.2 Å². The normalized spacial score (nSPS) is 14.9. The van der Waals surface area contributed by atoms with Gasteiger partial charge in [-0.15, -0.1) is 11.3 Å². The van der Waals surface area contributed by atoms with Gasteiger partial charge in [-0.1, -0.05) is 6.07 Å². The number of likely N-dealkylation sites (N-methyl/N-ethyl adjacent to an activating group) is 1. The molecule has 2 N–H and O–H groups in total. The predicted molar refractivity (Wildman–Crippen MR) is 79.2 cm³/mol. The minimum Gasteiger partial charge on any atom is -0.383 e. The average molecular weight is 270 g/mol. The van der Waals surface area contributed by atoms with Crippen LogP contribution in [0, 0.1) is 0 Å². The third-order valence-electron chi connectivity index (χ3n) is 3.45. The van der Waals surface area contributed by atoms with Crippen LogP contribution in [0.1, 0.15) is 24.6 Å². The Morgan fingerprint density at radius 1 is 1.50 bits per heavy atom. The van der Waals surface area contributed by atoms with Gasteiger partial charge in [-0.3, -0.25) is 4.90 Å². The Hall–Kier alpha value is -0.420. The van der Waals surface area contributed by atoms with Gasteiger partial charge in [0.25, 0.3) is 0 Å². The van der Waals surface area contributed by atoms with Crippen LogP contribution in [0.2, 0.25) is 0 Å². The zero-order valence-corrected chi connectivity index (χ0v) is 12.6. The Bertz CT molecular complexity index is 303. The van der Waals surface area contributed by atoms with Crippen LogP contribution >= 0.6 is 11.3 Å². The molecular formula is C14H26N2OS. The Morgan fingerprint density at radius 3 is 2.83 bits per heavy atom. The van der Waals surface area contributed by atoms with Crippen LogP contribution in [-0.2, 0) is 11.2 Å². The summed E-state index contributed by atoms with van der Waals surface area (Å²) in [6, 6.07) is 5.32. The van der Waals surface area contributed by atoms with Gasteiger partial charge >= 0.3 is 0 Å². The highest BCUT2D eigenvalue weighted by Gasteiger charge is 2.19. The molecule has 4 heteroatoms. The second-order valence-corrected chi connectivity index (χ2v) is 5.87. The maximum Gasteiger partial charge on any atom is 0.0618 e. The molecule has 0 aliphatic heterocycles. The van der Waals surface area contributed by atoms with Crippen LogP contribution in [0.3, 0.4) is 0 Å². The second kappa shape index (κ2) is 8.64. The predicted octanol–water partition coefficient (Wildman–Crippen LogP) is 2.36. The first-order chi connectivity index (χ1) is 8.69. The minimum absolute atomic E-state index is 0.466. The molecule has 0 aliphatic rings. The van der Waals surface area contributed by atoms with Crippen LogP contribution in [0.15, 0.2) is 17.5 Å². The summed E-state index contributed by atoms with van der Waals surface area (Å²) in [6.45, 7) is 3.82. The van der Waals surface area contributed by atoms with Crippen molar-refractivity contribution in [2.45, 2.75) is 38.3 Å². The molecular weight excluding hydrogens is 244 g/mol. The molecule has 104 valence electrons. The molecule has 0 bridgehead atoms. The molecule has 0 aliphatic carbocycles. The van der Waals surface area contributed by atoms with Crippen molar-refractivity contribution >= 4 is 11.3 Å². The minimum atomic E-state index is 0.466. The van der Waals surface area contributed by atoms with Crippen LogP contribution in [0.25, 0.3) is 0 Å². The van der Waals surface area contributed by atoms with Crippen molar-refractivity contribution in [3.63, 3.8) is 0 Å². The summed E-state index contributed by atoms with van der Waals surface area (Å²) in [5, 5.41) is 2.14. The summed E-state index contributed by atoms with van der Waals surface area (Å²) < 4.78 is 5.33. The summed E-state index contributed by atoms with van der Waals surface area (Å²) in [5.74, 6) is 0. The van der Waals surface area contributed by atoms with Crippen molar-refractivity contribution in [1.29, 1.82) is 0 Å². The van der Waals surface area contributed by atoms with Crippen LogP contribution in [0.5, 0.6) is 0 Å². The second-order valence-electron chi connectivity index (χ2n) is 4.84. The monoisotopic (exact) mass is 270 g/mol. The maximum atomic E-state index is 5.60. The van der Waals surface area contributed by atoms with Gasteiger partial charge in [0.05, 0.1) is 6.61 Å². The molecule has 0 radical (unpaired) electrons. The number of methoxy groups -OCH3 is 1. The van der Waals surface area contributed by atoms with Crippen molar-refractivity contribution in [2.75, 3.05) is 27.3 Å². The van der Waals surface area contributed by atoms with Crippen molar-refractivity contribution in [3.8, 4) is 0 Å². The molecule has 0 amide bonds. The van der Waals surface area contributed by atoms with E-state index in [4.69, 9.17) is 10.5 Å². The molecule has 0 spiro atoms. The smallest absolute Gasteiger partial charge is 0.0618 e. The van der Waals surface area contributed by atoms with E-state index < -0.39 is 0 Å². The fourth-order valence-electron chi connectivity index (χ4n) is 2.17. The van der Waals surface area contributed by atoms with Gasteiger partial charge in [0.15, 0.2) is 0 Å². The van der Waals surface area contributed by atoms with Crippen molar-refractivity contribution in [1.82, 2.24) is 4.90 Å². The molecule has 1 heterocycles. The van der Waals surface area contributed by atoms with E-state index in [9.17, 15) is 0 Å². The van der Waals surface area contributed by atoms with Crippen LogP contribution < -0.4 is 5.73 Å². The van der Waals surface area contributed by atoms with Gasteiger partial charge in [-0.25, -0.2) is 0 Å². The SMILES string of the molecule is COCC(CCCN)N(C)C(C)Cc1cccs1. The average Bonchev–Trinajstić information content (AvgIpc) is 2.86. The number of nitrogens with zero attached hydrogens (tertiary/aromatic N) is 1. The molecule has 3 nitrogen and oxygen atoms in total. The molecule has 0 saturated carbocycles. The van der Waals surface area contributed by atoms with Crippen molar-refractivity contribution < 1.29 is 4.74 Å². The molecule has 1 aromatic heterocycles. The van der Waals surface area contributed by atoms with E-state index in [0.717, 1.165) is 32.4 Å². The quantitative estimate of drug-likeness (QED) is 0.748. The standard InChI is InChI=1S/C14H26N2OS/c1-12(10-14-7-5-9-18-14)16(2)13(11-17-3)6-4-8-15/h5,7,9,12-13H,4,6,8,10-11,15H2,1-3H3.